The van der Waals surface area contributed by atoms with Crippen LogP contribution in [-0.2, 0) is 19.1 Å². The molecule has 1 N–H and O–H groups in total. The summed E-state index contributed by atoms with van der Waals surface area (Å²) in [4.78, 5) is 26.3. The summed E-state index contributed by atoms with van der Waals surface area (Å²) in [6.07, 6.45) is 2.53. The van der Waals surface area contributed by atoms with E-state index in [-0.39, 0.29) is 36.0 Å². The zero-order chi connectivity index (χ0) is 14.6. The third-order valence-corrected chi connectivity index (χ3v) is 5.30. The zero-order valence-corrected chi connectivity index (χ0v) is 12.2. The Balaban J connectivity index is 1.60. The number of ether oxygens (including phenoxy) is 2. The van der Waals surface area contributed by atoms with E-state index in [0.29, 0.717) is 25.3 Å². The molecule has 1 spiro atoms. The van der Waals surface area contributed by atoms with Crippen molar-refractivity contribution in [2.24, 2.45) is 5.41 Å². The maximum atomic E-state index is 13.0. The number of hydrogen-bond acceptors (Lipinski definition) is 5. The maximum absolute atomic E-state index is 13.0. The van der Waals surface area contributed by atoms with E-state index in [1.54, 1.807) is 11.8 Å². The van der Waals surface area contributed by atoms with Crippen LogP contribution in [0.25, 0.3) is 0 Å². The van der Waals surface area contributed by atoms with Crippen LogP contribution in [0.1, 0.15) is 26.2 Å². The number of esters is 1. The van der Waals surface area contributed by atoms with Gasteiger partial charge in [-0.05, 0) is 26.2 Å². The molecule has 4 aliphatic rings. The number of fused-ring (bicyclic) bond motifs is 2. The molecule has 0 aromatic carbocycles. The maximum Gasteiger partial charge on any atom is 0.336 e. The van der Waals surface area contributed by atoms with Gasteiger partial charge in [0.2, 0.25) is 5.91 Å². The molecule has 0 saturated carbocycles. The van der Waals surface area contributed by atoms with Gasteiger partial charge in [-0.2, -0.15) is 0 Å². The molecule has 4 aliphatic heterocycles. The van der Waals surface area contributed by atoms with Gasteiger partial charge in [-0.3, -0.25) is 4.79 Å². The number of amides is 1. The number of morpholine rings is 1. The number of rotatable bonds is 1. The molecule has 21 heavy (non-hydrogen) atoms. The third kappa shape index (κ3) is 1.92. The second-order valence-electron chi connectivity index (χ2n) is 6.64. The lowest BCUT2D eigenvalue weighted by Crippen LogP contribution is -2.59. The van der Waals surface area contributed by atoms with Crippen molar-refractivity contribution >= 4 is 11.9 Å². The second kappa shape index (κ2) is 4.55. The van der Waals surface area contributed by atoms with E-state index >= 15 is 0 Å². The van der Waals surface area contributed by atoms with Crippen molar-refractivity contribution < 1.29 is 19.1 Å². The summed E-state index contributed by atoms with van der Waals surface area (Å²) in [5, 5.41) is 3.54. The summed E-state index contributed by atoms with van der Waals surface area (Å²) < 4.78 is 10.6. The smallest absolute Gasteiger partial charge is 0.336 e. The standard InChI is InChI=1S/C15H20N2O4/c1-9-12(8-21-13(9)18)17-3-2-15(14(17)19)4-10-6-20-7-11(5-15)16-10/h10-11,16H,2-8H2,1H3/t10-,11+,15+. The fourth-order valence-corrected chi connectivity index (χ4v) is 4.25. The lowest BCUT2D eigenvalue weighted by Gasteiger charge is -2.44. The highest BCUT2D eigenvalue weighted by molar-refractivity contribution is 5.94. The average molecular weight is 292 g/mol. The number of piperidine rings is 1. The van der Waals surface area contributed by atoms with Gasteiger partial charge in [-0.25, -0.2) is 4.79 Å². The first-order valence-corrected chi connectivity index (χ1v) is 7.62. The molecule has 3 saturated heterocycles. The lowest BCUT2D eigenvalue weighted by atomic mass is 9.71. The summed E-state index contributed by atoms with van der Waals surface area (Å²) in [5.74, 6) is -0.122. The van der Waals surface area contributed by atoms with Gasteiger partial charge in [0.1, 0.15) is 6.61 Å². The highest BCUT2D eigenvalue weighted by Gasteiger charge is 2.53. The van der Waals surface area contributed by atoms with E-state index in [9.17, 15) is 9.59 Å². The number of carbonyl (C=O) groups excluding carboxylic acids is 2. The largest absolute Gasteiger partial charge is 0.456 e. The minimum Gasteiger partial charge on any atom is -0.456 e. The Kier molecular flexibility index (Phi) is 2.87. The van der Waals surface area contributed by atoms with E-state index in [0.717, 1.165) is 25.0 Å². The minimum absolute atomic E-state index is 0.175. The van der Waals surface area contributed by atoms with Crippen molar-refractivity contribution in [2.75, 3.05) is 26.4 Å². The van der Waals surface area contributed by atoms with Crippen LogP contribution >= 0.6 is 0 Å². The number of nitrogens with zero attached hydrogens (tertiary/aromatic N) is 1. The Bertz CT molecular complexity index is 530. The fraction of sp³-hybridized carbons (Fsp3) is 0.733. The van der Waals surface area contributed by atoms with Gasteiger partial charge in [0, 0.05) is 18.6 Å². The normalized spacial score (nSPS) is 39.4. The van der Waals surface area contributed by atoms with E-state index in [1.807, 2.05) is 0 Å². The molecule has 3 atom stereocenters. The van der Waals surface area contributed by atoms with Crippen LogP contribution in [-0.4, -0.2) is 55.2 Å². The Labute approximate surface area is 123 Å². The highest BCUT2D eigenvalue weighted by Crippen LogP contribution is 2.46. The van der Waals surface area contributed by atoms with Crippen LogP contribution in [0.3, 0.4) is 0 Å². The van der Waals surface area contributed by atoms with Crippen LogP contribution < -0.4 is 5.32 Å². The Morgan fingerprint density at radius 2 is 1.95 bits per heavy atom. The van der Waals surface area contributed by atoms with Crippen molar-refractivity contribution in [1.29, 1.82) is 0 Å². The Morgan fingerprint density at radius 1 is 1.24 bits per heavy atom. The molecule has 0 aromatic heterocycles. The molecule has 4 heterocycles. The monoisotopic (exact) mass is 292 g/mol. The molecule has 0 unspecified atom stereocenters. The minimum atomic E-state index is -0.297. The van der Waals surface area contributed by atoms with E-state index in [2.05, 4.69) is 5.32 Å². The SMILES string of the molecule is CC1=C(N2CC[C@]3(C[C@H]4COC[C@@H](C3)N4)C2=O)COC1=O. The molecule has 114 valence electrons. The van der Waals surface area contributed by atoms with Gasteiger partial charge in [-0.1, -0.05) is 0 Å². The third-order valence-electron chi connectivity index (χ3n) is 5.30. The zero-order valence-electron chi connectivity index (χ0n) is 12.2. The van der Waals surface area contributed by atoms with Gasteiger partial charge in [0.05, 0.1) is 29.9 Å². The Hall–Kier alpha value is -1.40. The fourth-order valence-electron chi connectivity index (χ4n) is 4.25. The van der Waals surface area contributed by atoms with E-state index in [1.165, 1.54) is 0 Å². The first kappa shape index (κ1) is 13.3. The van der Waals surface area contributed by atoms with Gasteiger partial charge in [-0.15, -0.1) is 0 Å². The second-order valence-corrected chi connectivity index (χ2v) is 6.64. The van der Waals surface area contributed by atoms with Crippen molar-refractivity contribution in [3.8, 4) is 0 Å². The molecular formula is C15H20N2O4. The predicted molar refractivity (Wildman–Crippen MR) is 73.2 cm³/mol. The summed E-state index contributed by atoms with van der Waals surface area (Å²) >= 11 is 0. The van der Waals surface area contributed by atoms with Gasteiger partial charge >= 0.3 is 5.97 Å². The predicted octanol–water partition coefficient (Wildman–Crippen LogP) is 0.187. The molecule has 1 amide bonds. The topological polar surface area (TPSA) is 67.9 Å². The number of nitrogens with one attached hydrogen (secondary N) is 1. The molecule has 0 aliphatic carbocycles. The van der Waals surface area contributed by atoms with Crippen LogP contribution in [0.4, 0.5) is 0 Å². The van der Waals surface area contributed by atoms with Gasteiger partial charge < -0.3 is 19.7 Å². The van der Waals surface area contributed by atoms with Crippen molar-refractivity contribution in [1.82, 2.24) is 10.2 Å². The van der Waals surface area contributed by atoms with E-state index < -0.39 is 0 Å². The summed E-state index contributed by atoms with van der Waals surface area (Å²) in [6, 6.07) is 0.552. The highest BCUT2D eigenvalue weighted by atomic mass is 16.5. The lowest BCUT2D eigenvalue weighted by molar-refractivity contribution is -0.140. The van der Waals surface area contributed by atoms with Crippen LogP contribution in [0, 0.1) is 5.41 Å². The molecule has 6 heteroatoms. The van der Waals surface area contributed by atoms with Crippen molar-refractivity contribution in [3.63, 3.8) is 0 Å². The Morgan fingerprint density at radius 3 is 2.57 bits per heavy atom. The number of cyclic esters (lactones) is 1. The van der Waals surface area contributed by atoms with Crippen LogP contribution in [0.5, 0.6) is 0 Å². The molecular weight excluding hydrogens is 272 g/mol. The summed E-state index contributed by atoms with van der Waals surface area (Å²) in [6.45, 7) is 4.06. The van der Waals surface area contributed by atoms with Gasteiger partial charge in [0.15, 0.2) is 0 Å². The summed E-state index contributed by atoms with van der Waals surface area (Å²) in [5.41, 5.74) is 1.07. The first-order chi connectivity index (χ1) is 10.1. The quantitative estimate of drug-likeness (QED) is 0.699. The molecule has 0 aromatic rings. The first-order valence-electron chi connectivity index (χ1n) is 7.62. The molecule has 3 fully saturated rings. The molecule has 0 radical (unpaired) electrons. The van der Waals surface area contributed by atoms with Crippen LogP contribution in [0.2, 0.25) is 0 Å². The van der Waals surface area contributed by atoms with Crippen molar-refractivity contribution in [2.45, 2.75) is 38.3 Å². The molecule has 6 nitrogen and oxygen atoms in total. The number of carbonyl (C=O) groups is 2. The molecule has 2 bridgehead atoms. The van der Waals surface area contributed by atoms with Crippen LogP contribution in [0.15, 0.2) is 11.3 Å². The number of hydrogen-bond donors (Lipinski definition) is 1. The number of likely N-dealkylation sites (tertiary alicyclic amines) is 1. The average Bonchev–Trinajstić information content (AvgIpc) is 2.93. The summed E-state index contributed by atoms with van der Waals surface area (Å²) in [7, 11) is 0. The molecule has 4 rings (SSSR count). The van der Waals surface area contributed by atoms with Gasteiger partial charge in [0.25, 0.3) is 0 Å². The van der Waals surface area contributed by atoms with Crippen molar-refractivity contribution in [3.05, 3.63) is 11.3 Å². The van der Waals surface area contributed by atoms with E-state index in [4.69, 9.17) is 9.47 Å².